The minimum atomic E-state index is -1.58. The van der Waals surface area contributed by atoms with E-state index in [0.717, 1.165) is 16.0 Å². The van der Waals surface area contributed by atoms with Gasteiger partial charge in [0.25, 0.3) is 5.91 Å². The minimum absolute atomic E-state index is 0.0399. The lowest BCUT2D eigenvalue weighted by Gasteiger charge is -2.30. The van der Waals surface area contributed by atoms with E-state index >= 15 is 0 Å². The zero-order valence-corrected chi connectivity index (χ0v) is 43.0. The maximum absolute atomic E-state index is 14.4. The molecule has 20 nitrogen and oxygen atoms in total. The van der Waals surface area contributed by atoms with Gasteiger partial charge in [0.15, 0.2) is 17.3 Å². The highest BCUT2D eigenvalue weighted by Gasteiger charge is 2.35. The van der Waals surface area contributed by atoms with Crippen molar-refractivity contribution >= 4 is 41.8 Å². The van der Waals surface area contributed by atoms with Crippen molar-refractivity contribution in [3.8, 4) is 39.8 Å². The van der Waals surface area contributed by atoms with E-state index in [2.05, 4.69) is 52.0 Å². The van der Waals surface area contributed by atoms with Gasteiger partial charge in [-0.3, -0.25) is 19.2 Å². The summed E-state index contributed by atoms with van der Waals surface area (Å²) in [6.45, 7) is 20.0. The Morgan fingerprint density at radius 2 is 1.42 bits per heavy atom. The molecule has 3 aromatic carbocycles. The van der Waals surface area contributed by atoms with Crippen LogP contribution in [0.3, 0.4) is 0 Å². The van der Waals surface area contributed by atoms with Gasteiger partial charge in [0.05, 0.1) is 30.0 Å². The van der Waals surface area contributed by atoms with E-state index in [1.165, 1.54) is 44.3 Å². The van der Waals surface area contributed by atoms with E-state index in [1.54, 1.807) is 55.4 Å². The maximum Gasteiger partial charge on any atom is 0.514 e. The van der Waals surface area contributed by atoms with Crippen molar-refractivity contribution in [3.05, 3.63) is 88.2 Å². The zero-order chi connectivity index (χ0) is 53.6. The van der Waals surface area contributed by atoms with Crippen LogP contribution >= 0.6 is 0 Å². The van der Waals surface area contributed by atoms with E-state index in [4.69, 9.17) is 18.9 Å². The standard InChI is InChI=1S/C52H65N7O13/c1-27-40(28(2)56-43(55-27)31-14-17-33(18-15-31)50(4,5)6)45(63)54-26-39(60)59(13)41-32-16-19-37(70-49(68)72-52(10,11)12)34(25-32)35-22-30(23-36(47(65)66)58-44(62)29(3)57-46(41)64)24-38(42(35)61)69-21-20-53-48(67)71-51(7,8)9/h14-19,22,24-25,29,36,41,61H,20-21,23,26H2,1-13H3,(H,53,67)(H,54,63)(H,57,64)(H,58,62)(H,65,66)/t29-,36-,41-/m0/s1. The molecule has 0 spiro atoms. The number of phenols is 1. The van der Waals surface area contributed by atoms with Crippen molar-refractivity contribution in [2.45, 2.75) is 124 Å². The van der Waals surface area contributed by atoms with Crippen LogP contribution in [0.1, 0.15) is 114 Å². The first-order valence-electron chi connectivity index (χ1n) is 23.3. The summed E-state index contributed by atoms with van der Waals surface area (Å²) in [7, 11) is 1.30. The molecule has 0 saturated heterocycles. The van der Waals surface area contributed by atoms with Crippen LogP contribution in [0, 0.1) is 13.8 Å². The van der Waals surface area contributed by atoms with Gasteiger partial charge in [0.1, 0.15) is 41.7 Å². The van der Waals surface area contributed by atoms with Crippen molar-refractivity contribution in [2.24, 2.45) is 0 Å². The first kappa shape index (κ1) is 55.2. The molecule has 5 amide bonds. The molecule has 4 bridgehead atoms. The van der Waals surface area contributed by atoms with Crippen LogP contribution in [-0.4, -0.2) is 117 Å². The molecular weight excluding hydrogens is 931 g/mol. The van der Waals surface area contributed by atoms with Crippen LogP contribution in [0.2, 0.25) is 0 Å². The molecule has 0 saturated carbocycles. The molecule has 72 heavy (non-hydrogen) atoms. The topological polar surface area (TPSA) is 274 Å². The molecule has 4 aromatic rings. The average molecular weight is 996 g/mol. The van der Waals surface area contributed by atoms with Gasteiger partial charge in [0.2, 0.25) is 17.7 Å². The van der Waals surface area contributed by atoms with Crippen LogP contribution in [0.15, 0.2) is 54.6 Å². The van der Waals surface area contributed by atoms with Crippen molar-refractivity contribution < 1.29 is 62.7 Å². The van der Waals surface area contributed by atoms with E-state index in [9.17, 15) is 43.8 Å². The number of nitrogens with zero attached hydrogens (tertiary/aromatic N) is 3. The van der Waals surface area contributed by atoms with Gasteiger partial charge >= 0.3 is 18.2 Å². The van der Waals surface area contributed by atoms with E-state index in [1.807, 2.05) is 24.3 Å². The van der Waals surface area contributed by atoms with Crippen molar-refractivity contribution in [1.29, 1.82) is 0 Å². The summed E-state index contributed by atoms with van der Waals surface area (Å²) in [4.78, 5) is 104. The van der Waals surface area contributed by atoms with Gasteiger partial charge in [-0.15, -0.1) is 0 Å². The monoisotopic (exact) mass is 995 g/mol. The highest BCUT2D eigenvalue weighted by Crippen LogP contribution is 2.44. The molecule has 0 unspecified atom stereocenters. The number of carboxylic acids is 1. The summed E-state index contributed by atoms with van der Waals surface area (Å²) >= 11 is 0. The number of alkyl carbamates (subject to hydrolysis) is 1. The molecule has 3 atom stereocenters. The number of fused-ring (bicyclic) bond motifs is 5. The number of rotatable bonds is 11. The van der Waals surface area contributed by atoms with Gasteiger partial charge in [-0.1, -0.05) is 51.1 Å². The number of carbonyl (C=O) groups is 7. The number of phenolic OH excluding ortho intramolecular Hbond substituents is 1. The summed E-state index contributed by atoms with van der Waals surface area (Å²) < 4.78 is 22.3. The molecule has 6 N–H and O–H groups in total. The average Bonchev–Trinajstić information content (AvgIpc) is 3.25. The number of hydrogen-bond donors (Lipinski definition) is 6. The summed E-state index contributed by atoms with van der Waals surface area (Å²) in [6.07, 6.45) is -2.23. The molecule has 1 aliphatic heterocycles. The van der Waals surface area contributed by atoms with Gasteiger partial charge < -0.3 is 55.3 Å². The fourth-order valence-electron chi connectivity index (χ4n) is 7.55. The predicted octanol–water partition coefficient (Wildman–Crippen LogP) is 6.21. The molecular formula is C52H65N7O13. The zero-order valence-electron chi connectivity index (χ0n) is 43.0. The Kier molecular flexibility index (Phi) is 16.9. The third kappa shape index (κ3) is 14.4. The Balaban J connectivity index is 1.55. The van der Waals surface area contributed by atoms with Crippen LogP contribution in [-0.2, 0) is 40.5 Å². The number of carbonyl (C=O) groups excluding carboxylic acids is 6. The summed E-state index contributed by atoms with van der Waals surface area (Å²) in [5, 5.41) is 32.4. The molecule has 1 aromatic heterocycles. The second-order valence-corrected chi connectivity index (χ2v) is 20.4. The van der Waals surface area contributed by atoms with Crippen molar-refractivity contribution in [1.82, 2.24) is 36.1 Å². The number of aryl methyl sites for hydroxylation is 2. The number of aliphatic carboxylic acids is 1. The number of ether oxygens (including phenoxy) is 4. The predicted molar refractivity (Wildman–Crippen MR) is 264 cm³/mol. The van der Waals surface area contributed by atoms with E-state index in [0.29, 0.717) is 17.2 Å². The number of hydrogen-bond acceptors (Lipinski definition) is 14. The normalized spacial score (nSPS) is 16.2. The number of nitrogens with one attached hydrogen (secondary N) is 4. The maximum atomic E-state index is 14.4. The molecule has 5 rings (SSSR count). The van der Waals surface area contributed by atoms with Crippen LogP contribution in [0.4, 0.5) is 9.59 Å². The van der Waals surface area contributed by atoms with Crippen LogP contribution in [0.25, 0.3) is 22.5 Å². The van der Waals surface area contributed by atoms with Gasteiger partial charge in [-0.25, -0.2) is 24.4 Å². The van der Waals surface area contributed by atoms with Crippen molar-refractivity contribution in [2.75, 3.05) is 26.7 Å². The lowest BCUT2D eigenvalue weighted by atomic mass is 9.86. The fraction of sp³-hybridized carbons (Fsp3) is 0.442. The number of benzene rings is 3. The van der Waals surface area contributed by atoms with Crippen molar-refractivity contribution in [3.63, 3.8) is 0 Å². The van der Waals surface area contributed by atoms with Gasteiger partial charge in [-0.2, -0.15) is 0 Å². The second kappa shape index (κ2) is 22.1. The smallest absolute Gasteiger partial charge is 0.504 e. The molecule has 0 radical (unpaired) electrons. The lowest BCUT2D eigenvalue weighted by molar-refractivity contribution is -0.142. The summed E-state index contributed by atoms with van der Waals surface area (Å²) in [6, 6.07) is 10.1. The van der Waals surface area contributed by atoms with Crippen LogP contribution < -0.4 is 30.7 Å². The Hall–Kier alpha value is -7.77. The summed E-state index contributed by atoms with van der Waals surface area (Å²) in [5.74, 6) is -5.15. The quantitative estimate of drug-likeness (QED) is 0.0554. The Morgan fingerprint density at radius 3 is 2.00 bits per heavy atom. The minimum Gasteiger partial charge on any atom is -0.504 e. The molecule has 0 aliphatic carbocycles. The molecule has 386 valence electrons. The Bertz CT molecular complexity index is 2710. The summed E-state index contributed by atoms with van der Waals surface area (Å²) in [5.41, 5.74) is 1.06. The molecule has 2 heterocycles. The highest BCUT2D eigenvalue weighted by molar-refractivity contribution is 5.99. The first-order chi connectivity index (χ1) is 33.4. The Morgan fingerprint density at radius 1 is 0.792 bits per heavy atom. The van der Waals surface area contributed by atoms with E-state index < -0.39 is 83.5 Å². The largest absolute Gasteiger partial charge is 0.514 e. The third-order valence-electron chi connectivity index (χ3n) is 11.1. The second-order valence-electron chi connectivity index (χ2n) is 20.4. The molecule has 1 aliphatic rings. The number of aromatic nitrogens is 2. The van der Waals surface area contributed by atoms with Gasteiger partial charge in [-0.05, 0) is 109 Å². The number of likely N-dealkylation sites (N-methyl/N-ethyl adjacent to an activating group) is 1. The first-order valence-corrected chi connectivity index (χ1v) is 23.3. The third-order valence-corrected chi connectivity index (χ3v) is 11.1. The fourth-order valence-corrected chi connectivity index (χ4v) is 7.55. The highest BCUT2D eigenvalue weighted by atomic mass is 16.7. The Labute approximate surface area is 418 Å². The molecule has 20 heteroatoms. The molecule has 0 fully saturated rings. The van der Waals surface area contributed by atoms with Gasteiger partial charge in [0, 0.05) is 30.2 Å². The number of carboxylic acid groups (broad SMARTS) is 1. The lowest BCUT2D eigenvalue weighted by Crippen LogP contribution is -2.53. The SMILES string of the molecule is Cc1nc(-c2ccc(C(C)(C)C)cc2)nc(C)c1C(=O)NCC(=O)N(C)[C@@H]1C(=O)N[C@@H](C)C(=O)N[C@H](C(=O)O)Cc2cc(OCCNC(=O)OC(C)(C)C)c(O)c(c2)-c2cc1ccc2OC(=O)OC(C)(C)C. The van der Waals surface area contributed by atoms with Crippen LogP contribution in [0.5, 0.6) is 17.2 Å². The van der Waals surface area contributed by atoms with E-state index in [-0.39, 0.29) is 64.3 Å². The number of amides is 5. The number of aromatic hydroxyl groups is 1.